The van der Waals surface area contributed by atoms with E-state index in [2.05, 4.69) is 66.6 Å². The van der Waals surface area contributed by atoms with Gasteiger partial charge in [-0.1, -0.05) is 61.9 Å². The molecule has 4 rings (SSSR count). The minimum absolute atomic E-state index is 0.698. The summed E-state index contributed by atoms with van der Waals surface area (Å²) < 4.78 is 0. The first-order valence-electron chi connectivity index (χ1n) is 11.8. The number of piperazine rings is 1. The first-order chi connectivity index (χ1) is 14.2. The van der Waals surface area contributed by atoms with Crippen LogP contribution in [0.3, 0.4) is 0 Å². The fourth-order valence-electron chi connectivity index (χ4n) is 5.43. The number of hydrogen-bond donors (Lipinski definition) is 0. The number of hydrogen-bond acceptors (Lipinski definition) is 2. The summed E-state index contributed by atoms with van der Waals surface area (Å²) in [4.78, 5) is 5.35. The van der Waals surface area contributed by atoms with E-state index in [-0.39, 0.29) is 0 Å². The summed E-state index contributed by atoms with van der Waals surface area (Å²) in [6.07, 6.45) is 7.83. The van der Waals surface area contributed by atoms with E-state index in [1.807, 2.05) is 0 Å². The summed E-state index contributed by atoms with van der Waals surface area (Å²) in [5.74, 6) is 1.43. The maximum Gasteiger partial charge on any atom is 0.0482 e. The maximum absolute atomic E-state index is 4.22. The summed E-state index contributed by atoms with van der Waals surface area (Å²) in [5.41, 5.74) is 4.52. The van der Waals surface area contributed by atoms with Crippen molar-refractivity contribution in [3.8, 4) is 0 Å². The zero-order valence-corrected chi connectivity index (χ0v) is 18.5. The fourth-order valence-corrected chi connectivity index (χ4v) is 5.43. The van der Waals surface area contributed by atoms with Gasteiger partial charge in [0.1, 0.15) is 0 Å². The van der Waals surface area contributed by atoms with Crippen molar-refractivity contribution in [2.45, 2.75) is 58.3 Å². The van der Waals surface area contributed by atoms with E-state index in [0.717, 1.165) is 19.0 Å². The highest BCUT2D eigenvalue weighted by Gasteiger charge is 2.28. The molecule has 0 N–H and O–H groups in total. The molecule has 0 spiro atoms. The molecule has 1 saturated heterocycles. The van der Waals surface area contributed by atoms with Gasteiger partial charge in [-0.3, -0.25) is 4.90 Å². The molecule has 156 valence electrons. The summed E-state index contributed by atoms with van der Waals surface area (Å²) in [7, 11) is 0. The Labute approximate surface area is 177 Å². The SMILES string of the molecule is C=C(C)C1CCC(c2ccc3ccccc3c2N2CCN(CCCC)CC2)CC1. The van der Waals surface area contributed by atoms with Crippen molar-refractivity contribution < 1.29 is 0 Å². The molecule has 0 bridgehead atoms. The van der Waals surface area contributed by atoms with Gasteiger partial charge in [0.25, 0.3) is 0 Å². The van der Waals surface area contributed by atoms with E-state index in [4.69, 9.17) is 0 Å². The molecule has 0 radical (unpaired) electrons. The number of benzene rings is 2. The van der Waals surface area contributed by atoms with Crippen molar-refractivity contribution in [1.82, 2.24) is 4.90 Å². The van der Waals surface area contributed by atoms with Crippen molar-refractivity contribution in [3.63, 3.8) is 0 Å². The van der Waals surface area contributed by atoms with Crippen LogP contribution in [0.5, 0.6) is 0 Å². The van der Waals surface area contributed by atoms with Crippen LogP contribution in [-0.4, -0.2) is 37.6 Å². The second kappa shape index (κ2) is 9.34. The normalized spacial score (nSPS) is 23.4. The molecule has 1 saturated carbocycles. The van der Waals surface area contributed by atoms with Crippen LogP contribution in [0.2, 0.25) is 0 Å². The number of allylic oxidation sites excluding steroid dienone is 1. The molecule has 0 atom stereocenters. The summed E-state index contributed by atoms with van der Waals surface area (Å²) >= 11 is 0. The number of anilines is 1. The molecule has 1 aliphatic carbocycles. The van der Waals surface area contributed by atoms with Crippen LogP contribution in [0.25, 0.3) is 10.8 Å². The Bertz CT molecular complexity index is 824. The van der Waals surface area contributed by atoms with E-state index in [0.29, 0.717) is 5.92 Å². The molecule has 29 heavy (non-hydrogen) atoms. The van der Waals surface area contributed by atoms with Gasteiger partial charge < -0.3 is 4.90 Å². The highest BCUT2D eigenvalue weighted by molar-refractivity contribution is 5.96. The molecule has 2 aliphatic rings. The second-order valence-electron chi connectivity index (χ2n) is 9.30. The first-order valence-corrected chi connectivity index (χ1v) is 11.8. The average Bonchev–Trinajstić information content (AvgIpc) is 2.77. The lowest BCUT2D eigenvalue weighted by Gasteiger charge is -2.39. The van der Waals surface area contributed by atoms with Gasteiger partial charge in [-0.2, -0.15) is 0 Å². The topological polar surface area (TPSA) is 6.48 Å². The average molecular weight is 391 g/mol. The predicted molar refractivity (Wildman–Crippen MR) is 127 cm³/mol. The first kappa shape index (κ1) is 20.5. The quantitative estimate of drug-likeness (QED) is 0.512. The largest absolute Gasteiger partial charge is 0.368 e. The lowest BCUT2D eigenvalue weighted by molar-refractivity contribution is 0.254. The van der Waals surface area contributed by atoms with Crippen molar-refractivity contribution in [2.75, 3.05) is 37.6 Å². The minimum atomic E-state index is 0.698. The molecule has 2 nitrogen and oxygen atoms in total. The molecule has 1 heterocycles. The third kappa shape index (κ3) is 4.53. The van der Waals surface area contributed by atoms with Crippen LogP contribution in [0.1, 0.15) is 63.9 Å². The Kier molecular flexibility index (Phi) is 6.60. The van der Waals surface area contributed by atoms with Gasteiger partial charge in [0, 0.05) is 37.3 Å². The molecule has 2 aromatic carbocycles. The van der Waals surface area contributed by atoms with Crippen molar-refractivity contribution in [3.05, 3.63) is 54.1 Å². The highest BCUT2D eigenvalue weighted by Crippen LogP contribution is 2.44. The minimum Gasteiger partial charge on any atom is -0.368 e. The van der Waals surface area contributed by atoms with E-state index in [1.54, 1.807) is 5.56 Å². The highest BCUT2D eigenvalue weighted by atomic mass is 15.3. The van der Waals surface area contributed by atoms with E-state index in [9.17, 15) is 0 Å². The number of unbranched alkanes of at least 4 members (excludes halogenated alkanes) is 1. The number of fused-ring (bicyclic) bond motifs is 1. The van der Waals surface area contributed by atoms with E-state index < -0.39 is 0 Å². The summed E-state index contributed by atoms with van der Waals surface area (Å²) in [5, 5.41) is 2.84. The van der Waals surface area contributed by atoms with Gasteiger partial charge in [0.2, 0.25) is 0 Å². The van der Waals surface area contributed by atoms with Crippen molar-refractivity contribution >= 4 is 16.5 Å². The monoisotopic (exact) mass is 390 g/mol. The third-order valence-electron chi connectivity index (χ3n) is 7.31. The van der Waals surface area contributed by atoms with Gasteiger partial charge in [-0.05, 0) is 68.4 Å². The van der Waals surface area contributed by atoms with Gasteiger partial charge in [-0.15, -0.1) is 0 Å². The Hall–Kier alpha value is -1.80. The van der Waals surface area contributed by atoms with Crippen molar-refractivity contribution in [1.29, 1.82) is 0 Å². The van der Waals surface area contributed by atoms with Gasteiger partial charge >= 0.3 is 0 Å². The second-order valence-corrected chi connectivity index (χ2v) is 9.30. The van der Waals surface area contributed by atoms with E-state index >= 15 is 0 Å². The maximum atomic E-state index is 4.22. The molecular formula is C27H38N2. The van der Waals surface area contributed by atoms with Crippen LogP contribution in [0, 0.1) is 5.92 Å². The van der Waals surface area contributed by atoms with Gasteiger partial charge in [0.15, 0.2) is 0 Å². The zero-order chi connectivity index (χ0) is 20.2. The molecule has 0 unspecified atom stereocenters. The standard InChI is InChI=1S/C27H38N2/c1-4-5-16-28-17-19-29(20-18-28)27-25-9-7-6-8-23(25)14-15-26(27)24-12-10-22(11-13-24)21(2)3/h6-9,14-15,22,24H,2,4-5,10-13,16-20H2,1,3H3. The Morgan fingerprint density at radius 1 is 0.966 bits per heavy atom. The smallest absolute Gasteiger partial charge is 0.0482 e. The fraction of sp³-hybridized carbons (Fsp3) is 0.556. The molecule has 2 fully saturated rings. The lowest BCUT2D eigenvalue weighted by atomic mass is 9.75. The van der Waals surface area contributed by atoms with Gasteiger partial charge in [0.05, 0.1) is 0 Å². The molecule has 2 heteroatoms. The van der Waals surface area contributed by atoms with Crippen LogP contribution < -0.4 is 4.90 Å². The zero-order valence-electron chi connectivity index (χ0n) is 18.5. The molecular weight excluding hydrogens is 352 g/mol. The summed E-state index contributed by atoms with van der Waals surface area (Å²) in [6, 6.07) is 13.8. The van der Waals surface area contributed by atoms with Crippen LogP contribution in [0.4, 0.5) is 5.69 Å². The molecule has 1 aliphatic heterocycles. The summed E-state index contributed by atoms with van der Waals surface area (Å²) in [6.45, 7) is 14.7. The van der Waals surface area contributed by atoms with Crippen molar-refractivity contribution in [2.24, 2.45) is 5.92 Å². The molecule has 0 aromatic heterocycles. The molecule has 2 aromatic rings. The van der Waals surface area contributed by atoms with E-state index in [1.165, 1.54) is 80.2 Å². The third-order valence-corrected chi connectivity index (χ3v) is 7.31. The van der Waals surface area contributed by atoms with Crippen LogP contribution >= 0.6 is 0 Å². The number of nitrogens with zero attached hydrogens (tertiary/aromatic N) is 2. The van der Waals surface area contributed by atoms with Gasteiger partial charge in [-0.25, -0.2) is 0 Å². The predicted octanol–water partition coefficient (Wildman–Crippen LogP) is 6.61. The number of rotatable bonds is 6. The Balaban J connectivity index is 1.60. The van der Waals surface area contributed by atoms with Crippen LogP contribution in [-0.2, 0) is 0 Å². The Morgan fingerprint density at radius 3 is 2.38 bits per heavy atom. The molecule has 0 amide bonds. The Morgan fingerprint density at radius 2 is 1.69 bits per heavy atom. The lowest BCUT2D eigenvalue weighted by Crippen LogP contribution is -2.47. The van der Waals surface area contributed by atoms with Crippen LogP contribution in [0.15, 0.2) is 48.6 Å².